The van der Waals surface area contributed by atoms with Crippen molar-refractivity contribution in [3.05, 3.63) is 0 Å². The molecule has 3 nitrogen and oxygen atoms in total. The average molecular weight is 168 g/mol. The summed E-state index contributed by atoms with van der Waals surface area (Å²) in [5.74, 6) is 2.62. The van der Waals surface area contributed by atoms with Crippen molar-refractivity contribution < 1.29 is 4.74 Å². The smallest absolute Gasteiger partial charge is 0.0608 e. The van der Waals surface area contributed by atoms with Gasteiger partial charge in [0.15, 0.2) is 0 Å². The molecular weight excluding hydrogens is 152 g/mol. The molecule has 0 aromatic rings. The molecule has 0 aromatic heterocycles. The first-order chi connectivity index (χ1) is 5.93. The number of hydrazine groups is 1. The number of hydrogen-bond donors (Lipinski definition) is 1. The quantitative estimate of drug-likeness (QED) is 0.480. The normalized spacial score (nSPS) is 18.9. The van der Waals surface area contributed by atoms with E-state index in [-0.39, 0.29) is 0 Å². The molecule has 0 radical (unpaired) electrons. The Kier molecular flexibility index (Phi) is 4.77. The maximum Gasteiger partial charge on any atom is 0.0608 e. The number of ether oxygens (including phenoxy) is 1. The summed E-state index contributed by atoms with van der Waals surface area (Å²) in [5.41, 5.74) is 3.31. The van der Waals surface area contributed by atoms with Crippen molar-refractivity contribution >= 4 is 0 Å². The lowest BCUT2D eigenvalue weighted by molar-refractivity contribution is 0.0120. The predicted octanol–water partition coefficient (Wildman–Crippen LogP) is 0.237. The molecule has 1 heterocycles. The molecule has 1 aliphatic heterocycles. The highest BCUT2D eigenvalue weighted by Crippen LogP contribution is 1.92. The summed E-state index contributed by atoms with van der Waals surface area (Å²) in [7, 11) is 0. The van der Waals surface area contributed by atoms with Crippen LogP contribution in [0.1, 0.15) is 12.8 Å². The van der Waals surface area contributed by atoms with E-state index in [1.54, 1.807) is 0 Å². The highest BCUT2D eigenvalue weighted by molar-refractivity contribution is 4.83. The van der Waals surface area contributed by atoms with Crippen LogP contribution in [0.3, 0.4) is 0 Å². The van der Waals surface area contributed by atoms with E-state index in [1.165, 1.54) is 0 Å². The van der Waals surface area contributed by atoms with Gasteiger partial charge in [-0.05, 0) is 6.42 Å². The van der Waals surface area contributed by atoms with Gasteiger partial charge in [-0.3, -0.25) is 5.43 Å². The second-order valence-electron chi connectivity index (χ2n) is 2.82. The van der Waals surface area contributed by atoms with E-state index in [0.717, 1.165) is 45.7 Å². The van der Waals surface area contributed by atoms with Crippen molar-refractivity contribution in [2.24, 2.45) is 0 Å². The Morgan fingerprint density at radius 1 is 1.42 bits per heavy atom. The van der Waals surface area contributed by atoms with Crippen molar-refractivity contribution in [2.75, 3.05) is 32.8 Å². The predicted molar refractivity (Wildman–Crippen MR) is 48.5 cm³/mol. The number of nitrogens with one attached hydrogen (secondary N) is 1. The topological polar surface area (TPSA) is 24.5 Å². The van der Waals surface area contributed by atoms with Crippen LogP contribution < -0.4 is 5.43 Å². The SMILES string of the molecule is C#CCCCNN1CCOCC1. The van der Waals surface area contributed by atoms with Gasteiger partial charge in [-0.15, -0.1) is 12.3 Å². The van der Waals surface area contributed by atoms with Gasteiger partial charge in [0.2, 0.25) is 0 Å². The second-order valence-corrected chi connectivity index (χ2v) is 2.82. The van der Waals surface area contributed by atoms with Crippen molar-refractivity contribution in [1.29, 1.82) is 0 Å². The largest absolute Gasteiger partial charge is 0.379 e. The maximum absolute atomic E-state index is 5.21. The van der Waals surface area contributed by atoms with E-state index >= 15 is 0 Å². The highest BCUT2D eigenvalue weighted by Gasteiger charge is 2.07. The van der Waals surface area contributed by atoms with Gasteiger partial charge in [0.1, 0.15) is 0 Å². The molecular formula is C9H16N2O. The first-order valence-corrected chi connectivity index (χ1v) is 4.43. The highest BCUT2D eigenvalue weighted by atomic mass is 16.5. The van der Waals surface area contributed by atoms with Crippen molar-refractivity contribution in [1.82, 2.24) is 10.4 Å². The van der Waals surface area contributed by atoms with Crippen molar-refractivity contribution in [3.63, 3.8) is 0 Å². The second kappa shape index (κ2) is 6.01. The summed E-state index contributed by atoms with van der Waals surface area (Å²) in [6, 6.07) is 0. The van der Waals surface area contributed by atoms with Crippen LogP contribution in [0, 0.1) is 12.3 Å². The Balaban J connectivity index is 1.95. The van der Waals surface area contributed by atoms with Gasteiger partial charge < -0.3 is 4.74 Å². The zero-order valence-corrected chi connectivity index (χ0v) is 7.38. The van der Waals surface area contributed by atoms with Crippen LogP contribution in [0.2, 0.25) is 0 Å². The molecule has 1 fully saturated rings. The van der Waals surface area contributed by atoms with Gasteiger partial charge in [0, 0.05) is 26.1 Å². The summed E-state index contributed by atoms with van der Waals surface area (Å²) >= 11 is 0. The lowest BCUT2D eigenvalue weighted by Gasteiger charge is -2.27. The van der Waals surface area contributed by atoms with Crippen molar-refractivity contribution in [2.45, 2.75) is 12.8 Å². The summed E-state index contributed by atoms with van der Waals surface area (Å²) < 4.78 is 5.21. The molecule has 1 saturated heterocycles. The summed E-state index contributed by atoms with van der Waals surface area (Å²) in [4.78, 5) is 0. The zero-order chi connectivity index (χ0) is 8.65. The van der Waals surface area contributed by atoms with Crippen LogP contribution in [0.4, 0.5) is 0 Å². The van der Waals surface area contributed by atoms with E-state index in [0.29, 0.717) is 0 Å². The molecule has 1 aliphatic rings. The number of rotatable bonds is 4. The Morgan fingerprint density at radius 3 is 2.83 bits per heavy atom. The van der Waals surface area contributed by atoms with E-state index < -0.39 is 0 Å². The van der Waals surface area contributed by atoms with Crippen LogP contribution >= 0.6 is 0 Å². The molecule has 0 atom stereocenters. The number of unbranched alkanes of at least 4 members (excludes halogenated alkanes) is 1. The molecule has 0 bridgehead atoms. The van der Waals surface area contributed by atoms with Crippen LogP contribution in [-0.2, 0) is 4.74 Å². The van der Waals surface area contributed by atoms with E-state index in [4.69, 9.17) is 11.2 Å². The third-order valence-corrected chi connectivity index (χ3v) is 1.84. The lowest BCUT2D eigenvalue weighted by Crippen LogP contribution is -2.45. The number of morpholine rings is 1. The van der Waals surface area contributed by atoms with Gasteiger partial charge in [-0.1, -0.05) is 0 Å². The third kappa shape index (κ3) is 3.72. The summed E-state index contributed by atoms with van der Waals surface area (Å²) in [5, 5.41) is 2.19. The molecule has 0 aromatic carbocycles. The molecule has 0 saturated carbocycles. The standard InChI is InChI=1S/C9H16N2O/c1-2-3-4-5-10-11-6-8-12-9-7-11/h1,10H,3-9H2. The van der Waals surface area contributed by atoms with E-state index in [9.17, 15) is 0 Å². The Bertz CT molecular complexity index is 147. The maximum atomic E-state index is 5.21. The van der Waals surface area contributed by atoms with Crippen LogP contribution in [0.5, 0.6) is 0 Å². The number of hydrogen-bond acceptors (Lipinski definition) is 3. The minimum absolute atomic E-state index is 0.835. The molecule has 1 N–H and O–H groups in total. The Morgan fingerprint density at radius 2 is 2.17 bits per heavy atom. The van der Waals surface area contributed by atoms with Gasteiger partial charge in [-0.25, -0.2) is 5.01 Å². The summed E-state index contributed by atoms with van der Waals surface area (Å²) in [6.07, 6.45) is 7.04. The van der Waals surface area contributed by atoms with Gasteiger partial charge in [0.05, 0.1) is 13.2 Å². The first-order valence-electron chi connectivity index (χ1n) is 4.43. The average Bonchev–Trinajstić information content (AvgIpc) is 2.14. The molecule has 68 valence electrons. The minimum Gasteiger partial charge on any atom is -0.379 e. The lowest BCUT2D eigenvalue weighted by atomic mass is 10.3. The molecule has 0 aliphatic carbocycles. The monoisotopic (exact) mass is 168 g/mol. The molecule has 3 heteroatoms. The molecule has 1 rings (SSSR count). The fourth-order valence-electron chi connectivity index (χ4n) is 1.15. The zero-order valence-electron chi connectivity index (χ0n) is 7.38. The van der Waals surface area contributed by atoms with Crippen molar-refractivity contribution in [3.8, 4) is 12.3 Å². The van der Waals surface area contributed by atoms with Crippen LogP contribution in [-0.4, -0.2) is 37.9 Å². The van der Waals surface area contributed by atoms with Gasteiger partial charge in [0.25, 0.3) is 0 Å². The Labute approximate surface area is 74.0 Å². The van der Waals surface area contributed by atoms with Crippen LogP contribution in [0.25, 0.3) is 0 Å². The van der Waals surface area contributed by atoms with Crippen LogP contribution in [0.15, 0.2) is 0 Å². The molecule has 0 amide bonds. The van der Waals surface area contributed by atoms with Gasteiger partial charge in [-0.2, -0.15) is 0 Å². The first kappa shape index (κ1) is 9.53. The molecule has 0 spiro atoms. The fraction of sp³-hybridized carbons (Fsp3) is 0.778. The third-order valence-electron chi connectivity index (χ3n) is 1.84. The fourth-order valence-corrected chi connectivity index (χ4v) is 1.15. The van der Waals surface area contributed by atoms with E-state index in [2.05, 4.69) is 16.4 Å². The van der Waals surface area contributed by atoms with E-state index in [1.807, 2.05) is 0 Å². The number of terminal acetylenes is 1. The minimum atomic E-state index is 0.835. The molecule has 0 unspecified atom stereocenters. The van der Waals surface area contributed by atoms with Gasteiger partial charge >= 0.3 is 0 Å². The number of nitrogens with zero attached hydrogens (tertiary/aromatic N) is 1. The summed E-state index contributed by atoms with van der Waals surface area (Å²) in [6.45, 7) is 4.61. The molecule has 12 heavy (non-hydrogen) atoms. The Hall–Kier alpha value is -0.560.